The molecule has 1 aromatic rings. The number of carbonyl (C=O) groups is 1. The molecule has 0 heterocycles. The Morgan fingerprint density at radius 2 is 2.00 bits per heavy atom. The van der Waals surface area contributed by atoms with Gasteiger partial charge in [0.2, 0.25) is 0 Å². The van der Waals surface area contributed by atoms with Crippen LogP contribution in [0.4, 0.5) is 5.69 Å². The van der Waals surface area contributed by atoms with E-state index in [0.29, 0.717) is 13.0 Å². The van der Waals surface area contributed by atoms with Crippen molar-refractivity contribution >= 4 is 11.5 Å². The zero-order valence-electron chi connectivity index (χ0n) is 10.7. The van der Waals surface area contributed by atoms with Gasteiger partial charge < -0.3 is 20.3 Å². The summed E-state index contributed by atoms with van der Waals surface area (Å²) in [5.41, 5.74) is 2.11. The van der Waals surface area contributed by atoms with Crippen molar-refractivity contribution in [3.05, 3.63) is 29.8 Å². The number of hydrogen-bond acceptors (Lipinski definition) is 4. The molecular formula is C14H21NO3. The minimum atomic E-state index is -0.736. The van der Waals surface area contributed by atoms with Gasteiger partial charge in [-0.15, -0.1) is 0 Å². The Morgan fingerprint density at radius 3 is 2.56 bits per heavy atom. The maximum atomic E-state index is 10.8. The summed E-state index contributed by atoms with van der Waals surface area (Å²) in [7, 11) is 0. The van der Waals surface area contributed by atoms with E-state index in [1.54, 1.807) is 6.92 Å². The fourth-order valence-electron chi connectivity index (χ4n) is 1.63. The van der Waals surface area contributed by atoms with E-state index in [1.165, 1.54) is 5.56 Å². The lowest BCUT2D eigenvalue weighted by Crippen LogP contribution is -2.22. The Balaban J connectivity index is 2.35. The van der Waals surface area contributed by atoms with Crippen LogP contribution in [0.25, 0.3) is 0 Å². The number of hydrogen-bond donors (Lipinski definition) is 3. The number of carbonyl (C=O) groups excluding carboxylic acids is 1. The van der Waals surface area contributed by atoms with Crippen LogP contribution in [0.3, 0.4) is 0 Å². The highest BCUT2D eigenvalue weighted by molar-refractivity contribution is 5.75. The summed E-state index contributed by atoms with van der Waals surface area (Å²) in [4.78, 5) is 10.8. The predicted molar refractivity (Wildman–Crippen MR) is 71.6 cm³/mol. The van der Waals surface area contributed by atoms with Gasteiger partial charge in [-0.05, 0) is 37.5 Å². The van der Waals surface area contributed by atoms with Crippen molar-refractivity contribution in [2.75, 3.05) is 18.5 Å². The molecule has 4 heteroatoms. The van der Waals surface area contributed by atoms with Gasteiger partial charge in [-0.1, -0.05) is 12.1 Å². The summed E-state index contributed by atoms with van der Waals surface area (Å²) in [5, 5.41) is 20.9. The lowest BCUT2D eigenvalue weighted by molar-refractivity contribution is -0.117. The molecule has 0 saturated heterocycles. The number of Topliss-reactive ketones (excluding diaryl/α,β-unsaturated/α-hetero) is 1. The van der Waals surface area contributed by atoms with E-state index in [9.17, 15) is 9.90 Å². The summed E-state index contributed by atoms with van der Waals surface area (Å²) in [6.45, 7) is 1.70. The number of ketones is 1. The van der Waals surface area contributed by atoms with Gasteiger partial charge >= 0.3 is 0 Å². The van der Waals surface area contributed by atoms with Crippen molar-refractivity contribution in [2.24, 2.45) is 0 Å². The normalized spacial score (nSPS) is 12.2. The molecule has 18 heavy (non-hydrogen) atoms. The minimum absolute atomic E-state index is 0.228. The van der Waals surface area contributed by atoms with E-state index in [-0.39, 0.29) is 12.4 Å². The van der Waals surface area contributed by atoms with Gasteiger partial charge in [0.25, 0.3) is 0 Å². The SMILES string of the molecule is CC(=O)CCCc1ccc(NCC(O)CO)cc1. The van der Waals surface area contributed by atoms with E-state index in [1.807, 2.05) is 24.3 Å². The molecular weight excluding hydrogens is 230 g/mol. The first-order valence-corrected chi connectivity index (χ1v) is 6.23. The molecule has 0 aliphatic rings. The molecule has 0 fully saturated rings. The molecule has 0 aromatic heterocycles. The average Bonchev–Trinajstić information content (AvgIpc) is 2.37. The van der Waals surface area contributed by atoms with E-state index < -0.39 is 6.10 Å². The summed E-state index contributed by atoms with van der Waals surface area (Å²) in [6.07, 6.45) is 1.67. The van der Waals surface area contributed by atoms with Gasteiger partial charge in [0, 0.05) is 18.7 Å². The molecule has 0 radical (unpaired) electrons. The van der Waals surface area contributed by atoms with Crippen LogP contribution in [-0.4, -0.2) is 35.3 Å². The molecule has 1 rings (SSSR count). The highest BCUT2D eigenvalue weighted by Gasteiger charge is 2.01. The van der Waals surface area contributed by atoms with Gasteiger partial charge in [0.1, 0.15) is 5.78 Å². The highest BCUT2D eigenvalue weighted by Crippen LogP contribution is 2.11. The number of nitrogens with one attached hydrogen (secondary N) is 1. The molecule has 0 aliphatic heterocycles. The number of aliphatic hydroxyl groups excluding tert-OH is 2. The first kappa shape index (κ1) is 14.7. The molecule has 0 bridgehead atoms. The number of aliphatic hydroxyl groups is 2. The fraction of sp³-hybridized carbons (Fsp3) is 0.500. The zero-order valence-corrected chi connectivity index (χ0v) is 10.7. The van der Waals surface area contributed by atoms with E-state index in [4.69, 9.17) is 5.11 Å². The molecule has 4 nitrogen and oxygen atoms in total. The molecule has 100 valence electrons. The number of aryl methyl sites for hydroxylation is 1. The molecule has 3 N–H and O–H groups in total. The topological polar surface area (TPSA) is 69.6 Å². The molecule has 1 aromatic carbocycles. The Hall–Kier alpha value is -1.39. The smallest absolute Gasteiger partial charge is 0.129 e. The van der Waals surface area contributed by atoms with Crippen molar-refractivity contribution in [1.29, 1.82) is 0 Å². The standard InChI is InChI=1S/C14H21NO3/c1-11(17)3-2-4-12-5-7-13(8-6-12)15-9-14(18)10-16/h5-8,14-16,18H,2-4,9-10H2,1H3. The monoisotopic (exact) mass is 251 g/mol. The van der Waals surface area contributed by atoms with E-state index >= 15 is 0 Å². The maximum Gasteiger partial charge on any atom is 0.129 e. The third-order valence-corrected chi connectivity index (χ3v) is 2.70. The van der Waals surface area contributed by atoms with Gasteiger partial charge in [0.05, 0.1) is 12.7 Å². The third-order valence-electron chi connectivity index (χ3n) is 2.70. The Bertz CT molecular complexity index is 362. The van der Waals surface area contributed by atoms with Gasteiger partial charge in [-0.2, -0.15) is 0 Å². The summed E-state index contributed by atoms with van der Waals surface area (Å²) < 4.78 is 0. The lowest BCUT2D eigenvalue weighted by atomic mass is 10.1. The number of rotatable bonds is 8. The first-order valence-electron chi connectivity index (χ1n) is 6.23. The lowest BCUT2D eigenvalue weighted by Gasteiger charge is -2.10. The van der Waals surface area contributed by atoms with Gasteiger partial charge in [-0.25, -0.2) is 0 Å². The van der Waals surface area contributed by atoms with Crippen LogP contribution in [0, 0.1) is 0 Å². The van der Waals surface area contributed by atoms with Gasteiger partial charge in [-0.3, -0.25) is 0 Å². The molecule has 0 saturated carbocycles. The van der Waals surface area contributed by atoms with Crippen LogP contribution < -0.4 is 5.32 Å². The number of anilines is 1. The van der Waals surface area contributed by atoms with Crippen molar-refractivity contribution in [2.45, 2.75) is 32.3 Å². The van der Waals surface area contributed by atoms with Crippen LogP contribution in [0.5, 0.6) is 0 Å². The second kappa shape index (κ2) is 7.84. The second-order valence-corrected chi connectivity index (χ2v) is 4.47. The van der Waals surface area contributed by atoms with E-state index in [2.05, 4.69) is 5.32 Å². The summed E-state index contributed by atoms with van der Waals surface area (Å²) in [6, 6.07) is 7.89. The van der Waals surface area contributed by atoms with Crippen LogP contribution in [-0.2, 0) is 11.2 Å². The minimum Gasteiger partial charge on any atom is -0.394 e. The van der Waals surface area contributed by atoms with E-state index in [0.717, 1.165) is 18.5 Å². The number of benzene rings is 1. The van der Waals surface area contributed by atoms with Crippen LogP contribution >= 0.6 is 0 Å². The van der Waals surface area contributed by atoms with Crippen molar-refractivity contribution in [3.8, 4) is 0 Å². The Morgan fingerprint density at radius 1 is 1.33 bits per heavy atom. The highest BCUT2D eigenvalue weighted by atomic mass is 16.3. The van der Waals surface area contributed by atoms with Crippen molar-refractivity contribution in [3.63, 3.8) is 0 Å². The average molecular weight is 251 g/mol. The first-order chi connectivity index (χ1) is 8.61. The maximum absolute atomic E-state index is 10.8. The molecule has 1 atom stereocenters. The van der Waals surface area contributed by atoms with Crippen LogP contribution in [0.2, 0.25) is 0 Å². The quantitative estimate of drug-likeness (QED) is 0.652. The van der Waals surface area contributed by atoms with Crippen molar-refractivity contribution in [1.82, 2.24) is 0 Å². The Kier molecular flexibility index (Phi) is 6.39. The third kappa shape index (κ3) is 5.80. The molecule has 0 amide bonds. The Labute approximate surface area is 108 Å². The largest absolute Gasteiger partial charge is 0.394 e. The second-order valence-electron chi connectivity index (χ2n) is 4.47. The molecule has 0 spiro atoms. The summed E-state index contributed by atoms with van der Waals surface area (Å²) >= 11 is 0. The van der Waals surface area contributed by atoms with Crippen LogP contribution in [0.1, 0.15) is 25.3 Å². The molecule has 1 unspecified atom stereocenters. The predicted octanol–water partition coefficient (Wildman–Crippen LogP) is 1.36. The van der Waals surface area contributed by atoms with Gasteiger partial charge in [0.15, 0.2) is 0 Å². The molecule has 0 aliphatic carbocycles. The fourth-order valence-corrected chi connectivity index (χ4v) is 1.63. The summed E-state index contributed by atoms with van der Waals surface area (Å²) in [5.74, 6) is 0.228. The van der Waals surface area contributed by atoms with Crippen molar-refractivity contribution < 1.29 is 15.0 Å². The van der Waals surface area contributed by atoms with Crippen LogP contribution in [0.15, 0.2) is 24.3 Å². The zero-order chi connectivity index (χ0) is 13.4.